The van der Waals surface area contributed by atoms with E-state index >= 15 is 0 Å². The summed E-state index contributed by atoms with van der Waals surface area (Å²) in [7, 11) is 0. The molecule has 3 rings (SSSR count). The number of likely N-dealkylation sites (tertiary alicyclic amines) is 1. The van der Waals surface area contributed by atoms with Crippen LogP contribution in [-0.2, 0) is 6.54 Å². The molecule has 5 heteroatoms. The minimum atomic E-state index is -0.885. The molecule has 0 saturated carbocycles. The number of carboxylic acid groups (broad SMARTS) is 1. The molecular weight excluding hydrogens is 278 g/mol. The maximum Gasteiger partial charge on any atom is 0.335 e. The first-order chi connectivity index (χ1) is 10.6. The third kappa shape index (κ3) is 3.31. The van der Waals surface area contributed by atoms with Gasteiger partial charge in [-0.3, -0.25) is 4.90 Å². The molecule has 0 radical (unpaired) electrons. The number of carbonyl (C=O) groups is 1. The van der Waals surface area contributed by atoms with Crippen molar-refractivity contribution in [3.05, 3.63) is 59.2 Å². The van der Waals surface area contributed by atoms with Crippen LogP contribution in [0.5, 0.6) is 0 Å². The number of hydrogen-bond acceptors (Lipinski definition) is 4. The van der Waals surface area contributed by atoms with Crippen LogP contribution in [0.3, 0.4) is 0 Å². The first-order valence-electron chi connectivity index (χ1n) is 7.46. The van der Waals surface area contributed by atoms with Gasteiger partial charge in [-0.1, -0.05) is 12.1 Å². The average Bonchev–Trinajstić information content (AvgIpc) is 2.96. The molecule has 22 heavy (non-hydrogen) atoms. The average molecular weight is 297 g/mol. The van der Waals surface area contributed by atoms with E-state index < -0.39 is 5.97 Å². The summed E-state index contributed by atoms with van der Waals surface area (Å²) >= 11 is 0. The zero-order chi connectivity index (χ0) is 15.5. The highest BCUT2D eigenvalue weighted by Crippen LogP contribution is 2.25. The third-order valence-electron chi connectivity index (χ3n) is 4.06. The zero-order valence-corrected chi connectivity index (χ0v) is 12.6. The molecule has 1 N–H and O–H groups in total. The van der Waals surface area contributed by atoms with Crippen LogP contribution < -0.4 is 0 Å². The van der Waals surface area contributed by atoms with E-state index in [0.29, 0.717) is 11.5 Å². The van der Waals surface area contributed by atoms with E-state index in [1.54, 1.807) is 12.1 Å². The van der Waals surface area contributed by atoms with E-state index in [2.05, 4.69) is 14.9 Å². The van der Waals surface area contributed by atoms with Gasteiger partial charge in [0.1, 0.15) is 5.82 Å². The minimum Gasteiger partial charge on any atom is -0.478 e. The second-order valence-electron chi connectivity index (χ2n) is 5.78. The number of nitrogens with zero attached hydrogens (tertiary/aromatic N) is 3. The molecule has 1 unspecified atom stereocenters. The smallest absolute Gasteiger partial charge is 0.335 e. The summed E-state index contributed by atoms with van der Waals surface area (Å²) in [6, 6.07) is 9.02. The number of benzene rings is 1. The van der Waals surface area contributed by atoms with Crippen LogP contribution in [0.1, 0.15) is 39.8 Å². The topological polar surface area (TPSA) is 66.3 Å². The molecule has 2 aromatic rings. The van der Waals surface area contributed by atoms with Crippen molar-refractivity contribution in [2.24, 2.45) is 0 Å². The van der Waals surface area contributed by atoms with Crippen LogP contribution >= 0.6 is 0 Å². The molecule has 2 heterocycles. The van der Waals surface area contributed by atoms with Crippen molar-refractivity contribution < 1.29 is 9.90 Å². The van der Waals surface area contributed by atoms with Gasteiger partial charge in [0.25, 0.3) is 0 Å². The van der Waals surface area contributed by atoms with Crippen LogP contribution in [0.2, 0.25) is 0 Å². The van der Waals surface area contributed by atoms with Crippen LogP contribution in [0, 0.1) is 6.92 Å². The number of rotatable bonds is 4. The highest BCUT2D eigenvalue weighted by Gasteiger charge is 2.25. The quantitative estimate of drug-likeness (QED) is 0.939. The van der Waals surface area contributed by atoms with E-state index in [9.17, 15) is 4.79 Å². The second-order valence-corrected chi connectivity index (χ2v) is 5.78. The van der Waals surface area contributed by atoms with Crippen molar-refractivity contribution in [1.82, 2.24) is 14.9 Å². The van der Waals surface area contributed by atoms with E-state index in [-0.39, 0.29) is 0 Å². The summed E-state index contributed by atoms with van der Waals surface area (Å²) in [6.07, 6.45) is 2.89. The molecule has 5 nitrogen and oxygen atoms in total. The van der Waals surface area contributed by atoms with Crippen molar-refractivity contribution in [2.45, 2.75) is 25.8 Å². The standard InChI is InChI=1S/C17H19N3O2/c1-12-6-8-18-16(19-12)15-7-9-20(11-15)10-13-2-4-14(5-3-13)17(21)22/h2-6,8,15H,7,9-11H2,1H3,(H,21,22). The maximum atomic E-state index is 10.9. The number of aromatic carboxylic acids is 1. The number of aryl methyl sites for hydroxylation is 1. The Balaban J connectivity index is 1.62. The lowest BCUT2D eigenvalue weighted by atomic mass is 10.1. The first kappa shape index (κ1) is 14.7. The van der Waals surface area contributed by atoms with Crippen LogP contribution in [-0.4, -0.2) is 39.0 Å². The summed E-state index contributed by atoms with van der Waals surface area (Å²) in [5, 5.41) is 8.92. The fraction of sp³-hybridized carbons (Fsp3) is 0.353. The Kier molecular flexibility index (Phi) is 4.15. The second kappa shape index (κ2) is 6.23. The lowest BCUT2D eigenvalue weighted by molar-refractivity contribution is 0.0697. The fourth-order valence-electron chi connectivity index (χ4n) is 2.86. The Labute approximate surface area is 129 Å². The van der Waals surface area contributed by atoms with E-state index in [4.69, 9.17) is 5.11 Å². The first-order valence-corrected chi connectivity index (χ1v) is 7.46. The molecule has 1 atom stereocenters. The molecule has 1 aromatic heterocycles. The van der Waals surface area contributed by atoms with Crippen molar-refractivity contribution in [2.75, 3.05) is 13.1 Å². The largest absolute Gasteiger partial charge is 0.478 e. The summed E-state index contributed by atoms with van der Waals surface area (Å²) < 4.78 is 0. The van der Waals surface area contributed by atoms with Gasteiger partial charge in [0, 0.05) is 30.9 Å². The van der Waals surface area contributed by atoms with Crippen LogP contribution in [0.15, 0.2) is 36.5 Å². The Morgan fingerprint density at radius 2 is 2.09 bits per heavy atom. The predicted molar refractivity (Wildman–Crippen MR) is 82.8 cm³/mol. The molecule has 0 spiro atoms. The van der Waals surface area contributed by atoms with Crippen molar-refractivity contribution in [3.63, 3.8) is 0 Å². The lowest BCUT2D eigenvalue weighted by Crippen LogP contribution is -2.20. The predicted octanol–water partition coefficient (Wildman–Crippen LogP) is 2.47. The van der Waals surface area contributed by atoms with Gasteiger partial charge in [-0.05, 0) is 43.7 Å². The summed E-state index contributed by atoms with van der Waals surface area (Å²) in [6.45, 7) is 4.79. The van der Waals surface area contributed by atoms with Gasteiger partial charge in [0.2, 0.25) is 0 Å². The highest BCUT2D eigenvalue weighted by atomic mass is 16.4. The number of carboxylic acids is 1. The minimum absolute atomic E-state index is 0.330. The number of hydrogen-bond donors (Lipinski definition) is 1. The normalized spacial score (nSPS) is 18.5. The molecule has 0 aliphatic carbocycles. The molecule has 1 aliphatic heterocycles. The van der Waals surface area contributed by atoms with Crippen LogP contribution in [0.4, 0.5) is 0 Å². The molecule has 1 fully saturated rings. The summed E-state index contributed by atoms with van der Waals surface area (Å²) in [5.74, 6) is 0.436. The van der Waals surface area contributed by atoms with E-state index in [0.717, 1.165) is 43.1 Å². The van der Waals surface area contributed by atoms with Gasteiger partial charge in [0.05, 0.1) is 5.56 Å². The Bertz CT molecular complexity index is 670. The van der Waals surface area contributed by atoms with E-state index in [1.165, 1.54) is 0 Å². The van der Waals surface area contributed by atoms with Crippen molar-refractivity contribution >= 4 is 5.97 Å². The highest BCUT2D eigenvalue weighted by molar-refractivity contribution is 5.87. The van der Waals surface area contributed by atoms with Crippen molar-refractivity contribution in [1.29, 1.82) is 0 Å². The van der Waals surface area contributed by atoms with Gasteiger partial charge >= 0.3 is 5.97 Å². The molecule has 1 aliphatic rings. The lowest BCUT2D eigenvalue weighted by Gasteiger charge is -2.16. The van der Waals surface area contributed by atoms with Gasteiger partial charge in [-0.25, -0.2) is 14.8 Å². The van der Waals surface area contributed by atoms with Crippen LogP contribution in [0.25, 0.3) is 0 Å². The van der Waals surface area contributed by atoms with Crippen molar-refractivity contribution in [3.8, 4) is 0 Å². The summed E-state index contributed by atoms with van der Waals surface area (Å²) in [5.41, 5.74) is 2.47. The number of aromatic nitrogens is 2. The molecule has 114 valence electrons. The fourth-order valence-corrected chi connectivity index (χ4v) is 2.86. The monoisotopic (exact) mass is 297 g/mol. The Hall–Kier alpha value is -2.27. The molecule has 0 bridgehead atoms. The SMILES string of the molecule is Cc1ccnc(C2CCN(Cc3ccc(C(=O)O)cc3)C2)n1. The molecule has 1 saturated heterocycles. The summed E-state index contributed by atoms with van der Waals surface area (Å²) in [4.78, 5) is 22.1. The van der Waals surface area contributed by atoms with Gasteiger partial charge in [-0.2, -0.15) is 0 Å². The maximum absolute atomic E-state index is 10.9. The zero-order valence-electron chi connectivity index (χ0n) is 12.6. The van der Waals surface area contributed by atoms with Gasteiger partial charge in [0.15, 0.2) is 0 Å². The van der Waals surface area contributed by atoms with Gasteiger partial charge in [-0.15, -0.1) is 0 Å². The third-order valence-corrected chi connectivity index (χ3v) is 4.06. The Morgan fingerprint density at radius 3 is 2.77 bits per heavy atom. The van der Waals surface area contributed by atoms with E-state index in [1.807, 2.05) is 31.3 Å². The van der Waals surface area contributed by atoms with Gasteiger partial charge < -0.3 is 5.11 Å². The molecule has 1 aromatic carbocycles. The molecular formula is C17H19N3O2. The molecule has 0 amide bonds. The Morgan fingerprint density at radius 1 is 1.32 bits per heavy atom.